The van der Waals surface area contributed by atoms with Crippen molar-refractivity contribution >= 4 is 35.5 Å². The number of nitrogens with two attached hydrogens (primary N) is 1. The molecule has 2 aromatic carbocycles. The number of rotatable bonds is 0. The smallest absolute Gasteiger partial charge is 0.268 e. The minimum absolute atomic E-state index is 0.196. The van der Waals surface area contributed by atoms with Gasteiger partial charge in [0, 0.05) is 7.05 Å². The van der Waals surface area contributed by atoms with Crippen molar-refractivity contribution in [1.82, 2.24) is 9.80 Å². The van der Waals surface area contributed by atoms with E-state index in [1.54, 1.807) is 24.3 Å². The van der Waals surface area contributed by atoms with Crippen molar-refractivity contribution in [3.8, 4) is 0 Å². The van der Waals surface area contributed by atoms with Gasteiger partial charge in [0.05, 0.1) is 22.3 Å². The third-order valence-electron chi connectivity index (χ3n) is 4.43. The molecule has 0 spiro atoms. The first-order valence-corrected chi connectivity index (χ1v) is 8.22. The predicted molar refractivity (Wildman–Crippen MR) is 98.9 cm³/mol. The van der Waals surface area contributed by atoms with Gasteiger partial charge in [-0.05, 0) is 24.3 Å². The molecule has 9 nitrogen and oxygen atoms in total. The van der Waals surface area contributed by atoms with Gasteiger partial charge in [-0.15, -0.1) is 0 Å². The van der Waals surface area contributed by atoms with Gasteiger partial charge in [-0.2, -0.15) is 4.99 Å². The van der Waals surface area contributed by atoms with Crippen LogP contribution in [0.1, 0.15) is 41.4 Å². The molecule has 2 N–H and O–H groups in total. The van der Waals surface area contributed by atoms with Crippen molar-refractivity contribution in [1.29, 1.82) is 0 Å². The van der Waals surface area contributed by atoms with Crippen LogP contribution in [0.25, 0.3) is 0 Å². The van der Waals surface area contributed by atoms with Gasteiger partial charge in [0.25, 0.3) is 23.6 Å². The standard InChI is InChI=1S/C19H13N5O4/c1-21-19(24-16(27)12-8-4-5-9-13(12)17(24)28)22-18(20)23-14(25)10-6-2-3-7-11(10)15(23)26/h2-9H,1H3,(H2,20,21,22). The Labute approximate surface area is 158 Å². The Bertz CT molecular complexity index is 1060. The Morgan fingerprint density at radius 3 is 1.43 bits per heavy atom. The summed E-state index contributed by atoms with van der Waals surface area (Å²) in [4.78, 5) is 59.4. The molecule has 2 aliphatic heterocycles. The van der Waals surface area contributed by atoms with E-state index in [0.717, 1.165) is 4.90 Å². The molecule has 9 heteroatoms. The lowest BCUT2D eigenvalue weighted by atomic mass is 10.1. The van der Waals surface area contributed by atoms with E-state index in [2.05, 4.69) is 9.98 Å². The molecule has 4 rings (SSSR count). The average molecular weight is 375 g/mol. The van der Waals surface area contributed by atoms with Gasteiger partial charge in [-0.3, -0.25) is 24.2 Å². The minimum atomic E-state index is -0.639. The summed E-state index contributed by atoms with van der Waals surface area (Å²) < 4.78 is 0. The second kappa shape index (κ2) is 6.23. The Kier molecular flexibility index (Phi) is 3.85. The van der Waals surface area contributed by atoms with Gasteiger partial charge < -0.3 is 5.73 Å². The van der Waals surface area contributed by atoms with Gasteiger partial charge in [0.15, 0.2) is 0 Å². The summed E-state index contributed by atoms with van der Waals surface area (Å²) in [6.45, 7) is 0. The molecule has 0 aromatic heterocycles. The zero-order valence-corrected chi connectivity index (χ0v) is 14.6. The van der Waals surface area contributed by atoms with Crippen LogP contribution in [0.15, 0.2) is 58.5 Å². The van der Waals surface area contributed by atoms with E-state index in [0.29, 0.717) is 4.90 Å². The SMILES string of the molecule is CN=C(N=C(N)N1C(=O)c2ccccc2C1=O)N1C(=O)c2ccccc2C1=O. The van der Waals surface area contributed by atoms with Gasteiger partial charge in [0.2, 0.25) is 11.9 Å². The molecule has 0 unspecified atom stereocenters. The van der Waals surface area contributed by atoms with Crippen molar-refractivity contribution in [2.75, 3.05) is 7.05 Å². The van der Waals surface area contributed by atoms with E-state index >= 15 is 0 Å². The number of aliphatic imine (C=N–C) groups is 2. The van der Waals surface area contributed by atoms with Crippen LogP contribution in [-0.4, -0.2) is 52.4 Å². The molecule has 0 radical (unpaired) electrons. The van der Waals surface area contributed by atoms with Crippen LogP contribution in [0.3, 0.4) is 0 Å². The fraction of sp³-hybridized carbons (Fsp3) is 0.0526. The first-order valence-electron chi connectivity index (χ1n) is 8.22. The summed E-state index contributed by atoms with van der Waals surface area (Å²) in [5.74, 6) is -3.30. The molecule has 2 aromatic rings. The molecule has 0 fully saturated rings. The molecule has 2 heterocycles. The van der Waals surface area contributed by atoms with Gasteiger partial charge in [-0.1, -0.05) is 24.3 Å². The van der Waals surface area contributed by atoms with Crippen molar-refractivity contribution in [3.05, 3.63) is 70.8 Å². The number of hydrogen-bond acceptors (Lipinski definition) is 5. The number of nitrogens with zero attached hydrogens (tertiary/aromatic N) is 4. The maximum Gasteiger partial charge on any atom is 0.268 e. The highest BCUT2D eigenvalue weighted by Gasteiger charge is 2.41. The number of guanidine groups is 2. The third kappa shape index (κ3) is 2.33. The number of carbonyl (C=O) groups is 4. The van der Waals surface area contributed by atoms with Crippen LogP contribution in [0.4, 0.5) is 0 Å². The number of carbonyl (C=O) groups excluding carboxylic acids is 4. The predicted octanol–water partition coefficient (Wildman–Crippen LogP) is 0.879. The molecule has 0 saturated carbocycles. The van der Waals surface area contributed by atoms with Crippen LogP contribution in [0.2, 0.25) is 0 Å². The highest BCUT2D eigenvalue weighted by Crippen LogP contribution is 2.24. The normalized spacial score (nSPS) is 16.8. The molecule has 0 bridgehead atoms. The Hall–Kier alpha value is -4.14. The third-order valence-corrected chi connectivity index (χ3v) is 4.43. The zero-order chi connectivity index (χ0) is 20.0. The zero-order valence-electron chi connectivity index (χ0n) is 14.6. The number of imide groups is 2. The molecule has 0 atom stereocenters. The summed E-state index contributed by atoms with van der Waals surface area (Å²) in [5.41, 5.74) is 6.70. The van der Waals surface area contributed by atoms with E-state index in [9.17, 15) is 19.2 Å². The minimum Gasteiger partial charge on any atom is -0.369 e. The summed E-state index contributed by atoms with van der Waals surface area (Å²) in [6.07, 6.45) is 0. The lowest BCUT2D eigenvalue weighted by Crippen LogP contribution is -2.44. The molecule has 4 amide bonds. The van der Waals surface area contributed by atoms with Gasteiger partial charge >= 0.3 is 0 Å². The van der Waals surface area contributed by atoms with Crippen LogP contribution in [0.5, 0.6) is 0 Å². The molecular weight excluding hydrogens is 362 g/mol. The Balaban J connectivity index is 1.69. The number of benzene rings is 2. The van der Waals surface area contributed by atoms with Crippen molar-refractivity contribution in [2.45, 2.75) is 0 Å². The Morgan fingerprint density at radius 2 is 1.07 bits per heavy atom. The van der Waals surface area contributed by atoms with Crippen molar-refractivity contribution < 1.29 is 19.2 Å². The quantitative estimate of drug-likeness (QED) is 0.416. The van der Waals surface area contributed by atoms with Crippen LogP contribution >= 0.6 is 0 Å². The lowest BCUT2D eigenvalue weighted by Gasteiger charge is -2.16. The van der Waals surface area contributed by atoms with E-state index < -0.39 is 29.6 Å². The fourth-order valence-corrected chi connectivity index (χ4v) is 3.12. The summed E-state index contributed by atoms with van der Waals surface area (Å²) in [5, 5.41) is 0. The fourth-order valence-electron chi connectivity index (χ4n) is 3.12. The summed E-state index contributed by atoms with van der Waals surface area (Å²) in [7, 11) is 1.32. The maximum absolute atomic E-state index is 12.6. The van der Waals surface area contributed by atoms with Crippen molar-refractivity contribution in [2.24, 2.45) is 15.7 Å². The molecule has 138 valence electrons. The lowest BCUT2D eigenvalue weighted by molar-refractivity contribution is 0.0736. The highest BCUT2D eigenvalue weighted by atomic mass is 16.2. The largest absolute Gasteiger partial charge is 0.369 e. The number of hydrogen-bond donors (Lipinski definition) is 1. The van der Waals surface area contributed by atoms with E-state index in [-0.39, 0.29) is 28.2 Å². The number of fused-ring (bicyclic) bond motifs is 2. The first-order chi connectivity index (χ1) is 13.5. The molecule has 0 saturated heterocycles. The van der Waals surface area contributed by atoms with Crippen molar-refractivity contribution in [3.63, 3.8) is 0 Å². The average Bonchev–Trinajstić information content (AvgIpc) is 3.12. The van der Waals surface area contributed by atoms with Crippen LogP contribution in [-0.2, 0) is 0 Å². The topological polar surface area (TPSA) is 126 Å². The summed E-state index contributed by atoms with van der Waals surface area (Å²) in [6, 6.07) is 12.5. The second-order valence-electron chi connectivity index (χ2n) is 5.98. The highest BCUT2D eigenvalue weighted by molar-refractivity contribution is 6.32. The monoisotopic (exact) mass is 375 g/mol. The maximum atomic E-state index is 12.6. The van der Waals surface area contributed by atoms with E-state index in [1.807, 2.05) is 0 Å². The molecular formula is C19H13N5O4. The van der Waals surface area contributed by atoms with Gasteiger partial charge in [0.1, 0.15) is 0 Å². The number of amides is 4. The van der Waals surface area contributed by atoms with Crippen LogP contribution < -0.4 is 5.73 Å². The van der Waals surface area contributed by atoms with Crippen LogP contribution in [0, 0.1) is 0 Å². The molecule has 2 aliphatic rings. The molecule has 28 heavy (non-hydrogen) atoms. The van der Waals surface area contributed by atoms with E-state index in [4.69, 9.17) is 5.73 Å². The van der Waals surface area contributed by atoms with E-state index in [1.165, 1.54) is 31.3 Å². The molecule has 0 aliphatic carbocycles. The first kappa shape index (κ1) is 17.3. The van der Waals surface area contributed by atoms with Gasteiger partial charge in [-0.25, -0.2) is 9.80 Å². The second-order valence-corrected chi connectivity index (χ2v) is 5.98. The Morgan fingerprint density at radius 1 is 0.714 bits per heavy atom. The summed E-state index contributed by atoms with van der Waals surface area (Å²) >= 11 is 0.